The SMILES string of the molecule is NC(=O)CNC(=O)C[S-](=O)=NC(=O)c1cncc(C#Cc2cccc(O)c2)c1. The predicted molar refractivity (Wildman–Crippen MR) is 100 cm³/mol. The maximum atomic E-state index is 12.1. The molecule has 0 aliphatic heterocycles. The Bertz CT molecular complexity index is 1060. The molecular weight excluding hydrogens is 384 g/mol. The van der Waals surface area contributed by atoms with Gasteiger partial charge in [0.05, 0.1) is 12.1 Å². The third-order valence-electron chi connectivity index (χ3n) is 3.08. The number of phenolic OH excluding ortho intramolecular Hbond substituents is 1. The second kappa shape index (κ2) is 9.84. The predicted octanol–water partition coefficient (Wildman–Crippen LogP) is 0.0761. The first-order valence-corrected chi connectivity index (χ1v) is 9.07. The number of rotatable bonds is 5. The highest BCUT2D eigenvalue weighted by Crippen LogP contribution is 2.10. The number of phenols is 1. The number of benzene rings is 1. The number of hydrogen-bond donors (Lipinski definition) is 3. The average molecular weight is 399 g/mol. The molecule has 0 bridgehead atoms. The lowest BCUT2D eigenvalue weighted by Gasteiger charge is -2.05. The molecule has 0 atom stereocenters. The van der Waals surface area contributed by atoms with E-state index in [1.54, 1.807) is 12.1 Å². The molecule has 0 aliphatic rings. The van der Waals surface area contributed by atoms with Gasteiger partial charge in [-0.05, 0) is 30.0 Å². The molecule has 10 heteroatoms. The number of aromatic hydroxyl groups is 1. The van der Waals surface area contributed by atoms with Crippen LogP contribution in [0.5, 0.6) is 5.75 Å². The van der Waals surface area contributed by atoms with Gasteiger partial charge in [-0.15, -0.1) is 0 Å². The number of pyridine rings is 1. The third kappa shape index (κ3) is 6.89. The Balaban J connectivity index is 2.08. The van der Waals surface area contributed by atoms with Gasteiger partial charge in [0, 0.05) is 23.5 Å². The molecule has 2 rings (SSSR count). The van der Waals surface area contributed by atoms with Crippen LogP contribution in [0.25, 0.3) is 0 Å². The van der Waals surface area contributed by atoms with Gasteiger partial charge in [0.2, 0.25) is 11.8 Å². The van der Waals surface area contributed by atoms with Crippen LogP contribution in [0.2, 0.25) is 0 Å². The van der Waals surface area contributed by atoms with Crippen molar-refractivity contribution < 1.29 is 23.7 Å². The Kier molecular flexibility index (Phi) is 7.24. The summed E-state index contributed by atoms with van der Waals surface area (Å²) in [5, 5.41) is 11.6. The number of carbonyl (C=O) groups is 3. The van der Waals surface area contributed by atoms with Crippen molar-refractivity contribution in [2.24, 2.45) is 10.1 Å². The molecule has 0 aliphatic carbocycles. The van der Waals surface area contributed by atoms with Crippen molar-refractivity contribution >= 4 is 28.3 Å². The second-order valence-electron chi connectivity index (χ2n) is 5.37. The summed E-state index contributed by atoms with van der Waals surface area (Å²) in [5.41, 5.74) is 5.91. The number of nitrogens with zero attached hydrogens (tertiary/aromatic N) is 2. The molecule has 1 aromatic carbocycles. The van der Waals surface area contributed by atoms with E-state index >= 15 is 0 Å². The van der Waals surface area contributed by atoms with Gasteiger partial charge < -0.3 is 24.7 Å². The second-order valence-corrected chi connectivity index (χ2v) is 6.48. The Morgan fingerprint density at radius 1 is 1.18 bits per heavy atom. The van der Waals surface area contributed by atoms with E-state index in [2.05, 4.69) is 26.5 Å². The normalized spacial score (nSPS) is 11.1. The van der Waals surface area contributed by atoms with Crippen LogP contribution in [-0.4, -0.2) is 40.1 Å². The van der Waals surface area contributed by atoms with Gasteiger partial charge in [0.25, 0.3) is 5.91 Å². The zero-order valence-corrected chi connectivity index (χ0v) is 15.2. The van der Waals surface area contributed by atoms with Gasteiger partial charge in [-0.2, -0.15) is 10.6 Å². The summed E-state index contributed by atoms with van der Waals surface area (Å²) in [6.07, 6.45) is 2.66. The summed E-state index contributed by atoms with van der Waals surface area (Å²) >= 11 is 0. The van der Waals surface area contributed by atoms with E-state index in [1.165, 1.54) is 30.6 Å². The van der Waals surface area contributed by atoms with Crippen molar-refractivity contribution in [2.45, 2.75) is 0 Å². The van der Waals surface area contributed by atoms with E-state index < -0.39 is 40.6 Å². The molecule has 1 aromatic heterocycles. The molecule has 28 heavy (non-hydrogen) atoms. The van der Waals surface area contributed by atoms with E-state index in [4.69, 9.17) is 5.73 Å². The van der Waals surface area contributed by atoms with Gasteiger partial charge in [-0.25, -0.2) is 0 Å². The molecule has 144 valence electrons. The minimum absolute atomic E-state index is 0.0496. The van der Waals surface area contributed by atoms with Crippen LogP contribution in [0.4, 0.5) is 0 Å². The monoisotopic (exact) mass is 399 g/mol. The molecular formula is C18H15N4O5S-. The summed E-state index contributed by atoms with van der Waals surface area (Å²) in [7, 11) is -2.12. The average Bonchev–Trinajstić information content (AvgIpc) is 2.65. The van der Waals surface area contributed by atoms with Gasteiger partial charge in [-0.3, -0.25) is 19.4 Å². The van der Waals surface area contributed by atoms with E-state index in [9.17, 15) is 23.7 Å². The summed E-state index contributed by atoms with van der Waals surface area (Å²) in [6.45, 7) is -0.395. The number of primary amides is 1. The molecule has 3 amide bonds. The van der Waals surface area contributed by atoms with Crippen molar-refractivity contribution in [1.82, 2.24) is 10.3 Å². The van der Waals surface area contributed by atoms with Crippen LogP contribution in [0.1, 0.15) is 21.5 Å². The smallest absolute Gasteiger partial charge is 0.255 e. The highest BCUT2D eigenvalue weighted by molar-refractivity contribution is 7.76. The summed E-state index contributed by atoms with van der Waals surface area (Å²) in [5.74, 6) is 2.81. The van der Waals surface area contributed by atoms with Crippen LogP contribution in [0.3, 0.4) is 0 Å². The van der Waals surface area contributed by atoms with Gasteiger partial charge in [0.1, 0.15) is 5.75 Å². The highest BCUT2D eigenvalue weighted by atomic mass is 32.2. The zero-order valence-electron chi connectivity index (χ0n) is 14.4. The van der Waals surface area contributed by atoms with Crippen molar-refractivity contribution in [3.8, 4) is 17.6 Å². The Labute approximate surface area is 162 Å². The van der Waals surface area contributed by atoms with Crippen LogP contribution in [0.15, 0.2) is 47.1 Å². The van der Waals surface area contributed by atoms with E-state index in [1.807, 2.05) is 0 Å². The number of aromatic nitrogens is 1. The molecule has 0 saturated heterocycles. The minimum atomic E-state index is -2.12. The lowest BCUT2D eigenvalue weighted by molar-refractivity contribution is -0.123. The van der Waals surface area contributed by atoms with Crippen LogP contribution in [0, 0.1) is 11.8 Å². The van der Waals surface area contributed by atoms with Crippen molar-refractivity contribution in [3.63, 3.8) is 0 Å². The van der Waals surface area contributed by atoms with E-state index in [-0.39, 0.29) is 11.3 Å². The van der Waals surface area contributed by atoms with E-state index in [0.717, 1.165) is 0 Å². The molecule has 1 heterocycles. The van der Waals surface area contributed by atoms with E-state index in [0.29, 0.717) is 11.1 Å². The van der Waals surface area contributed by atoms with Gasteiger partial charge in [-0.1, -0.05) is 17.9 Å². The van der Waals surface area contributed by atoms with Crippen LogP contribution >= 0.6 is 0 Å². The molecule has 0 unspecified atom stereocenters. The quantitative estimate of drug-likeness (QED) is 0.478. The summed E-state index contributed by atoms with van der Waals surface area (Å²) in [6, 6.07) is 7.76. The van der Waals surface area contributed by atoms with Crippen molar-refractivity contribution in [3.05, 3.63) is 59.4 Å². The lowest BCUT2D eigenvalue weighted by Crippen LogP contribution is -2.35. The Morgan fingerprint density at radius 3 is 2.64 bits per heavy atom. The fourth-order valence-electron chi connectivity index (χ4n) is 1.88. The Morgan fingerprint density at radius 2 is 1.93 bits per heavy atom. The number of amides is 3. The molecule has 2 aromatic rings. The third-order valence-corrected chi connectivity index (χ3v) is 3.96. The first-order valence-electron chi connectivity index (χ1n) is 7.79. The molecule has 4 N–H and O–H groups in total. The molecule has 0 spiro atoms. The fraction of sp³-hybridized carbons (Fsp3) is 0.111. The highest BCUT2D eigenvalue weighted by Gasteiger charge is 2.04. The number of nitrogens with one attached hydrogen (secondary N) is 1. The maximum absolute atomic E-state index is 12.1. The molecule has 0 radical (unpaired) electrons. The van der Waals surface area contributed by atoms with Crippen LogP contribution < -0.4 is 11.1 Å². The minimum Gasteiger partial charge on any atom is -0.508 e. The molecule has 0 saturated carbocycles. The topological polar surface area (TPSA) is 152 Å². The standard InChI is InChI=1S/C18H15N4O5S/c19-16(24)10-21-17(25)11-28(27)22-18(26)14-6-13(8-20-9-14)5-4-12-2-1-3-15(23)7-12/h1-3,6-9,23H,10-11H2,(H2,19,24)(H,21,25)/q-1. The molecule has 0 fully saturated rings. The largest absolute Gasteiger partial charge is 0.508 e. The first-order chi connectivity index (χ1) is 13.3. The van der Waals surface area contributed by atoms with Gasteiger partial charge in [0.15, 0.2) is 0 Å². The number of nitrogens with two attached hydrogens (primary N) is 1. The Hall–Kier alpha value is -3.71. The summed E-state index contributed by atoms with van der Waals surface area (Å²) in [4.78, 5) is 38.0. The van der Waals surface area contributed by atoms with Crippen LogP contribution in [-0.2, 0) is 24.4 Å². The first kappa shape index (κ1) is 20.6. The number of carbonyl (C=O) groups excluding carboxylic acids is 3. The maximum Gasteiger partial charge on any atom is 0.255 e. The van der Waals surface area contributed by atoms with Crippen molar-refractivity contribution in [2.75, 3.05) is 12.3 Å². The zero-order chi connectivity index (χ0) is 20.5. The van der Waals surface area contributed by atoms with Crippen molar-refractivity contribution in [1.29, 1.82) is 0 Å². The number of hydrogen-bond acceptors (Lipinski definition) is 7. The summed E-state index contributed by atoms with van der Waals surface area (Å²) < 4.78 is 15.2. The van der Waals surface area contributed by atoms with Gasteiger partial charge >= 0.3 is 0 Å². The fourth-order valence-corrected chi connectivity index (χ4v) is 2.56. The molecule has 9 nitrogen and oxygen atoms in total. The lowest BCUT2D eigenvalue weighted by atomic mass is 10.1.